The Morgan fingerprint density at radius 2 is 1.69 bits per heavy atom. The van der Waals surface area contributed by atoms with Gasteiger partial charge < -0.3 is 0 Å². The van der Waals surface area contributed by atoms with E-state index in [4.69, 9.17) is 4.55 Å². The quantitative estimate of drug-likeness (QED) is 0.383. The van der Waals surface area contributed by atoms with Gasteiger partial charge in [-0.3, -0.25) is 4.55 Å². The van der Waals surface area contributed by atoms with Gasteiger partial charge >= 0.3 is 29.3 Å². The molecule has 0 rings (SSSR count). The number of hydrogen-bond donors (Lipinski definition) is 1. The van der Waals surface area contributed by atoms with Crippen LogP contribution in [0.15, 0.2) is 0 Å². The van der Waals surface area contributed by atoms with Crippen LogP contribution in [0.4, 0.5) is 0 Å². The molecule has 0 heterocycles. The Bertz CT molecular complexity index is 191. The van der Waals surface area contributed by atoms with Crippen LogP contribution in [-0.4, -0.2) is 38.4 Å². The van der Waals surface area contributed by atoms with Gasteiger partial charge in [0.1, 0.15) is 0 Å². The van der Waals surface area contributed by atoms with E-state index in [0.29, 0.717) is 6.42 Å². The molecule has 0 amide bonds. The summed E-state index contributed by atoms with van der Waals surface area (Å²) in [5, 5.41) is 0. The van der Waals surface area contributed by atoms with Gasteiger partial charge in [0, 0.05) is 0 Å². The second-order valence-corrected chi connectivity index (χ2v) is 3.76. The molecule has 0 aromatic heterocycles. The minimum atomic E-state index is -4.22. The molecule has 0 aromatic rings. The molecule has 0 unspecified atom stereocenters. The van der Waals surface area contributed by atoms with Crippen molar-refractivity contribution < 1.29 is 17.2 Å². The molecule has 1 N–H and O–H groups in total. The van der Waals surface area contributed by atoms with Gasteiger partial charge in [-0.2, -0.15) is 8.42 Å². The van der Waals surface area contributed by atoms with Crippen molar-refractivity contribution >= 4 is 29.3 Å². The molecule has 0 aliphatic heterocycles. The maximum absolute atomic E-state index is 10.1. The summed E-state index contributed by atoms with van der Waals surface area (Å²) < 4.78 is 32.4. The molecule has 13 heavy (non-hydrogen) atoms. The molecule has 76 valence electrons. The van der Waals surface area contributed by atoms with Crippen molar-refractivity contribution in [3.05, 3.63) is 0 Å². The summed E-state index contributed by atoms with van der Waals surface area (Å²) in [6.45, 7) is 2.19. The van der Waals surface area contributed by atoms with Crippen LogP contribution in [-0.2, 0) is 14.6 Å². The summed E-state index contributed by atoms with van der Waals surface area (Å²) in [5.41, 5.74) is 0. The Labute approximate surface area is 92.2 Å². The van der Waals surface area contributed by atoms with Crippen LogP contribution in [0.2, 0.25) is 0 Å². The molecule has 0 radical (unpaired) electrons. The van der Waals surface area contributed by atoms with Crippen molar-refractivity contribution in [1.29, 1.82) is 0 Å². The van der Waals surface area contributed by atoms with Crippen LogP contribution < -0.4 is 0 Å². The van der Waals surface area contributed by atoms with E-state index < -0.39 is 10.4 Å². The Kier molecular flexibility index (Phi) is 11.1. The predicted molar refractivity (Wildman–Crippen MR) is 53.4 cm³/mol. The SMILES string of the molecule is CCCCCCCOS(=O)(=O)O.[LiH]. The summed E-state index contributed by atoms with van der Waals surface area (Å²) in [4.78, 5) is 0. The third-order valence-corrected chi connectivity index (χ3v) is 1.94. The first-order valence-electron chi connectivity index (χ1n) is 4.18. The normalized spacial score (nSPS) is 10.9. The van der Waals surface area contributed by atoms with Gasteiger partial charge in [-0.25, -0.2) is 4.18 Å². The van der Waals surface area contributed by atoms with E-state index >= 15 is 0 Å². The predicted octanol–water partition coefficient (Wildman–Crippen LogP) is 1.13. The zero-order valence-electron chi connectivity index (χ0n) is 7.32. The second-order valence-electron chi connectivity index (χ2n) is 2.66. The molecular formula is C7H17LiO4S. The van der Waals surface area contributed by atoms with Gasteiger partial charge in [0.15, 0.2) is 0 Å². The maximum atomic E-state index is 10.1. The molecule has 0 saturated heterocycles. The number of hydrogen-bond acceptors (Lipinski definition) is 3. The van der Waals surface area contributed by atoms with Crippen LogP contribution in [0.1, 0.15) is 39.0 Å². The molecule has 0 saturated carbocycles. The first kappa shape index (κ1) is 15.9. The van der Waals surface area contributed by atoms with Crippen LogP contribution >= 0.6 is 0 Å². The van der Waals surface area contributed by atoms with Crippen LogP contribution in [0.25, 0.3) is 0 Å². The fourth-order valence-corrected chi connectivity index (χ4v) is 1.20. The van der Waals surface area contributed by atoms with Crippen molar-refractivity contribution in [2.75, 3.05) is 6.61 Å². The summed E-state index contributed by atoms with van der Waals surface area (Å²) in [5.74, 6) is 0. The van der Waals surface area contributed by atoms with Crippen LogP contribution in [0.5, 0.6) is 0 Å². The fourth-order valence-electron chi connectivity index (χ4n) is 0.870. The number of rotatable bonds is 7. The van der Waals surface area contributed by atoms with Gasteiger partial charge in [-0.05, 0) is 6.42 Å². The molecular weight excluding hydrogens is 187 g/mol. The average molecular weight is 204 g/mol. The molecule has 0 bridgehead atoms. The molecule has 0 aliphatic carbocycles. The molecule has 0 aromatic carbocycles. The van der Waals surface area contributed by atoms with Gasteiger partial charge in [-0.1, -0.05) is 32.6 Å². The van der Waals surface area contributed by atoms with Crippen molar-refractivity contribution in [3.63, 3.8) is 0 Å². The van der Waals surface area contributed by atoms with Gasteiger partial charge in [0.05, 0.1) is 6.61 Å². The standard InChI is InChI=1S/C7H16O4S.Li.H/c1-2-3-4-5-6-7-11-12(8,9)10;;/h2-7H2,1H3,(H,8,9,10);;. The zero-order chi connectivity index (χ0) is 9.45. The van der Waals surface area contributed by atoms with E-state index in [1.807, 2.05) is 0 Å². The first-order valence-corrected chi connectivity index (χ1v) is 5.54. The molecule has 6 heteroatoms. The zero-order valence-corrected chi connectivity index (χ0v) is 8.14. The summed E-state index contributed by atoms with van der Waals surface area (Å²) in [6.07, 6.45) is 5.03. The van der Waals surface area contributed by atoms with E-state index in [0.717, 1.165) is 25.7 Å². The minimum absolute atomic E-state index is 0. The molecule has 0 spiro atoms. The Balaban J connectivity index is 0. The van der Waals surface area contributed by atoms with Crippen LogP contribution in [0, 0.1) is 0 Å². The van der Waals surface area contributed by atoms with Crippen molar-refractivity contribution in [2.24, 2.45) is 0 Å². The Morgan fingerprint density at radius 3 is 2.15 bits per heavy atom. The van der Waals surface area contributed by atoms with Crippen molar-refractivity contribution in [1.82, 2.24) is 0 Å². The molecule has 4 nitrogen and oxygen atoms in total. The van der Waals surface area contributed by atoms with E-state index in [1.54, 1.807) is 0 Å². The Hall–Kier alpha value is 0.467. The number of unbranched alkanes of at least 4 members (excludes halogenated alkanes) is 4. The molecule has 0 fully saturated rings. The fraction of sp³-hybridized carbons (Fsp3) is 1.00. The van der Waals surface area contributed by atoms with E-state index in [2.05, 4.69) is 11.1 Å². The second kappa shape index (κ2) is 9.04. The summed E-state index contributed by atoms with van der Waals surface area (Å²) in [6, 6.07) is 0. The third-order valence-electron chi connectivity index (χ3n) is 1.48. The molecule has 0 aliphatic rings. The average Bonchev–Trinajstić information content (AvgIpc) is 1.94. The molecule has 0 atom stereocenters. The van der Waals surface area contributed by atoms with Crippen molar-refractivity contribution in [2.45, 2.75) is 39.0 Å². The first-order chi connectivity index (χ1) is 5.56. The topological polar surface area (TPSA) is 63.6 Å². The van der Waals surface area contributed by atoms with Gasteiger partial charge in [0.25, 0.3) is 0 Å². The monoisotopic (exact) mass is 204 g/mol. The van der Waals surface area contributed by atoms with Crippen molar-refractivity contribution in [3.8, 4) is 0 Å². The summed E-state index contributed by atoms with van der Waals surface area (Å²) in [7, 11) is -4.22. The Morgan fingerprint density at radius 1 is 1.15 bits per heavy atom. The van der Waals surface area contributed by atoms with Crippen LogP contribution in [0.3, 0.4) is 0 Å². The van der Waals surface area contributed by atoms with Gasteiger partial charge in [0.2, 0.25) is 0 Å². The third kappa shape index (κ3) is 15.2. The van der Waals surface area contributed by atoms with E-state index in [-0.39, 0.29) is 25.5 Å². The van der Waals surface area contributed by atoms with E-state index in [1.165, 1.54) is 0 Å². The summed E-state index contributed by atoms with van der Waals surface area (Å²) >= 11 is 0. The van der Waals surface area contributed by atoms with Gasteiger partial charge in [-0.15, -0.1) is 0 Å². The van der Waals surface area contributed by atoms with E-state index in [9.17, 15) is 8.42 Å².